The summed E-state index contributed by atoms with van der Waals surface area (Å²) in [7, 11) is 0. The molecule has 3 aromatic heterocycles. The SMILES string of the molecule is Cc1ccc2c(CN(Cc3cccs3)Cc3cccs3)cc(=O)oc2c1C. The van der Waals surface area contributed by atoms with Crippen molar-refractivity contribution in [2.75, 3.05) is 0 Å². The minimum absolute atomic E-state index is 0.279. The van der Waals surface area contributed by atoms with E-state index in [1.54, 1.807) is 28.7 Å². The molecule has 1 aromatic carbocycles. The van der Waals surface area contributed by atoms with Gasteiger partial charge in [-0.05, 0) is 53.4 Å². The van der Waals surface area contributed by atoms with Crippen LogP contribution in [-0.2, 0) is 19.6 Å². The largest absolute Gasteiger partial charge is 0.422 e. The number of aryl methyl sites for hydroxylation is 2. The molecule has 0 atom stereocenters. The molecule has 0 spiro atoms. The van der Waals surface area contributed by atoms with Crippen LogP contribution < -0.4 is 5.63 Å². The van der Waals surface area contributed by atoms with Gasteiger partial charge < -0.3 is 4.42 Å². The van der Waals surface area contributed by atoms with E-state index in [2.05, 4.69) is 52.1 Å². The van der Waals surface area contributed by atoms with E-state index in [1.165, 1.54) is 9.75 Å². The van der Waals surface area contributed by atoms with Gasteiger partial charge in [0.2, 0.25) is 0 Å². The second-order valence-corrected chi connectivity index (χ2v) is 8.84. The smallest absolute Gasteiger partial charge is 0.336 e. The van der Waals surface area contributed by atoms with Gasteiger partial charge in [-0.15, -0.1) is 22.7 Å². The molecule has 0 saturated heterocycles. The van der Waals surface area contributed by atoms with E-state index >= 15 is 0 Å². The van der Waals surface area contributed by atoms with Crippen molar-refractivity contribution in [2.24, 2.45) is 0 Å². The molecule has 0 aliphatic heterocycles. The molecule has 4 aromatic rings. The summed E-state index contributed by atoms with van der Waals surface area (Å²) in [5.41, 5.74) is 3.63. The normalized spacial score (nSPS) is 11.5. The van der Waals surface area contributed by atoms with Crippen molar-refractivity contribution in [3.05, 3.63) is 90.1 Å². The van der Waals surface area contributed by atoms with Gasteiger partial charge >= 0.3 is 5.63 Å². The molecule has 0 unspecified atom stereocenters. The number of thiophene rings is 2. The topological polar surface area (TPSA) is 33.5 Å². The first-order valence-electron chi connectivity index (χ1n) is 8.90. The molecule has 0 fully saturated rings. The van der Waals surface area contributed by atoms with Crippen molar-refractivity contribution in [1.29, 1.82) is 0 Å². The average Bonchev–Trinajstić information content (AvgIpc) is 3.32. The monoisotopic (exact) mass is 395 g/mol. The molecule has 138 valence electrons. The first kappa shape index (κ1) is 18.2. The second kappa shape index (κ2) is 7.80. The molecular formula is C22H21NO2S2. The molecular weight excluding hydrogens is 374 g/mol. The Kier molecular flexibility index (Phi) is 5.25. The predicted octanol–water partition coefficient (Wildman–Crippen LogP) is 5.74. The minimum Gasteiger partial charge on any atom is -0.422 e. The number of hydrogen-bond acceptors (Lipinski definition) is 5. The van der Waals surface area contributed by atoms with Crippen molar-refractivity contribution in [1.82, 2.24) is 4.90 Å². The fourth-order valence-electron chi connectivity index (χ4n) is 3.31. The highest BCUT2D eigenvalue weighted by Crippen LogP contribution is 2.26. The average molecular weight is 396 g/mol. The highest BCUT2D eigenvalue weighted by molar-refractivity contribution is 7.10. The van der Waals surface area contributed by atoms with E-state index in [0.29, 0.717) is 12.1 Å². The summed E-state index contributed by atoms with van der Waals surface area (Å²) in [4.78, 5) is 17.2. The molecule has 27 heavy (non-hydrogen) atoms. The van der Waals surface area contributed by atoms with Gasteiger partial charge in [0.15, 0.2) is 0 Å². The summed E-state index contributed by atoms with van der Waals surface area (Å²) in [6.07, 6.45) is 0. The summed E-state index contributed by atoms with van der Waals surface area (Å²) in [6, 6.07) is 14.3. The van der Waals surface area contributed by atoms with Crippen LogP contribution in [0.4, 0.5) is 0 Å². The number of rotatable bonds is 6. The lowest BCUT2D eigenvalue weighted by atomic mass is 10.0. The van der Waals surface area contributed by atoms with Gasteiger partial charge in [-0.3, -0.25) is 4.90 Å². The zero-order chi connectivity index (χ0) is 18.8. The van der Waals surface area contributed by atoms with Crippen LogP contribution in [-0.4, -0.2) is 4.90 Å². The first-order chi connectivity index (χ1) is 13.1. The fourth-order valence-corrected chi connectivity index (χ4v) is 4.80. The number of nitrogens with zero attached hydrogens (tertiary/aromatic N) is 1. The van der Waals surface area contributed by atoms with Crippen LogP contribution >= 0.6 is 22.7 Å². The zero-order valence-electron chi connectivity index (χ0n) is 15.4. The van der Waals surface area contributed by atoms with Crippen LogP contribution in [0, 0.1) is 13.8 Å². The highest BCUT2D eigenvalue weighted by Gasteiger charge is 2.15. The van der Waals surface area contributed by atoms with Gasteiger partial charge in [0, 0.05) is 40.8 Å². The molecule has 0 saturated carbocycles. The Hall–Kier alpha value is -2.21. The molecule has 3 nitrogen and oxygen atoms in total. The molecule has 0 radical (unpaired) electrons. The Labute approximate surface area is 166 Å². The third-order valence-corrected chi connectivity index (χ3v) is 6.55. The number of fused-ring (bicyclic) bond motifs is 1. The fraction of sp³-hybridized carbons (Fsp3) is 0.227. The Morgan fingerprint density at radius 2 is 1.59 bits per heavy atom. The van der Waals surface area contributed by atoms with Crippen molar-refractivity contribution in [3.63, 3.8) is 0 Å². The van der Waals surface area contributed by atoms with E-state index < -0.39 is 0 Å². The van der Waals surface area contributed by atoms with Gasteiger partial charge in [0.1, 0.15) is 5.58 Å². The van der Waals surface area contributed by atoms with E-state index in [4.69, 9.17) is 4.42 Å². The lowest BCUT2D eigenvalue weighted by molar-refractivity contribution is 0.253. The molecule has 3 heterocycles. The zero-order valence-corrected chi connectivity index (χ0v) is 17.0. The third kappa shape index (κ3) is 4.05. The van der Waals surface area contributed by atoms with Crippen LogP contribution in [0.2, 0.25) is 0 Å². The van der Waals surface area contributed by atoms with Crippen LogP contribution in [0.3, 0.4) is 0 Å². The number of hydrogen-bond donors (Lipinski definition) is 0. The summed E-state index contributed by atoms with van der Waals surface area (Å²) in [6.45, 7) is 6.49. The molecule has 0 N–H and O–H groups in total. The maximum Gasteiger partial charge on any atom is 0.336 e. The minimum atomic E-state index is -0.279. The van der Waals surface area contributed by atoms with Gasteiger partial charge in [-0.25, -0.2) is 4.79 Å². The molecule has 0 aliphatic carbocycles. The Balaban J connectivity index is 1.71. The van der Waals surface area contributed by atoms with Crippen molar-refractivity contribution in [3.8, 4) is 0 Å². The lowest BCUT2D eigenvalue weighted by Crippen LogP contribution is -2.22. The standard InChI is InChI=1S/C22H21NO2S2/c1-15-7-8-20-17(11-21(24)25-22(20)16(15)2)12-23(13-18-5-3-9-26-18)14-19-6-4-10-27-19/h3-11H,12-14H2,1-2H3. The lowest BCUT2D eigenvalue weighted by Gasteiger charge is -2.22. The van der Waals surface area contributed by atoms with E-state index in [1.807, 2.05) is 13.8 Å². The second-order valence-electron chi connectivity index (χ2n) is 6.78. The predicted molar refractivity (Wildman–Crippen MR) is 114 cm³/mol. The van der Waals surface area contributed by atoms with Gasteiger partial charge in [-0.1, -0.05) is 24.3 Å². The van der Waals surface area contributed by atoms with Crippen molar-refractivity contribution >= 4 is 33.6 Å². The molecule has 4 rings (SSSR count). The Morgan fingerprint density at radius 1 is 0.926 bits per heavy atom. The molecule has 0 bridgehead atoms. The van der Waals surface area contributed by atoms with E-state index in [9.17, 15) is 4.79 Å². The maximum absolute atomic E-state index is 12.2. The number of benzene rings is 1. The van der Waals surface area contributed by atoms with Crippen LogP contribution in [0.15, 0.2) is 62.4 Å². The molecule has 0 aliphatic rings. The quantitative estimate of drug-likeness (QED) is 0.391. The van der Waals surface area contributed by atoms with E-state index in [-0.39, 0.29) is 5.63 Å². The Bertz CT molecular complexity index is 1060. The molecule has 5 heteroatoms. The Morgan fingerprint density at radius 3 is 2.19 bits per heavy atom. The van der Waals surface area contributed by atoms with Crippen LogP contribution in [0.1, 0.15) is 26.4 Å². The highest BCUT2D eigenvalue weighted by atomic mass is 32.1. The van der Waals surface area contributed by atoms with Crippen LogP contribution in [0.5, 0.6) is 0 Å². The van der Waals surface area contributed by atoms with Crippen molar-refractivity contribution in [2.45, 2.75) is 33.5 Å². The maximum atomic E-state index is 12.2. The summed E-state index contributed by atoms with van der Waals surface area (Å²) < 4.78 is 5.54. The third-order valence-electron chi connectivity index (χ3n) is 4.83. The van der Waals surface area contributed by atoms with Crippen LogP contribution in [0.25, 0.3) is 11.0 Å². The summed E-state index contributed by atoms with van der Waals surface area (Å²) in [5, 5.41) is 5.24. The van der Waals surface area contributed by atoms with Crippen molar-refractivity contribution < 1.29 is 4.42 Å². The van der Waals surface area contributed by atoms with Gasteiger partial charge in [0.05, 0.1) is 0 Å². The van der Waals surface area contributed by atoms with Gasteiger partial charge in [-0.2, -0.15) is 0 Å². The first-order valence-corrected chi connectivity index (χ1v) is 10.7. The summed E-state index contributed by atoms with van der Waals surface area (Å²) >= 11 is 3.53. The summed E-state index contributed by atoms with van der Waals surface area (Å²) in [5.74, 6) is 0. The molecule has 0 amide bonds. The van der Waals surface area contributed by atoms with Gasteiger partial charge in [0.25, 0.3) is 0 Å². The van der Waals surface area contributed by atoms with E-state index in [0.717, 1.165) is 35.2 Å².